The van der Waals surface area contributed by atoms with Gasteiger partial charge in [-0.1, -0.05) is 13.0 Å². The molecule has 2 aromatic rings. The van der Waals surface area contributed by atoms with Crippen LogP contribution in [0.3, 0.4) is 0 Å². The van der Waals surface area contributed by atoms with E-state index in [1.807, 2.05) is 6.92 Å². The van der Waals surface area contributed by atoms with Gasteiger partial charge in [-0.2, -0.15) is 18.3 Å². The number of hydrogen-bond donors (Lipinski definition) is 1. The molecule has 0 unspecified atom stereocenters. The quantitative estimate of drug-likeness (QED) is 0.930. The van der Waals surface area contributed by atoms with Gasteiger partial charge in [-0.05, 0) is 37.1 Å². The Morgan fingerprint density at radius 3 is 2.58 bits per heavy atom. The lowest BCUT2D eigenvalue weighted by Gasteiger charge is -2.13. The van der Waals surface area contributed by atoms with Crippen LogP contribution >= 0.6 is 0 Å². The number of halogens is 3. The van der Waals surface area contributed by atoms with Gasteiger partial charge in [0, 0.05) is 18.3 Å². The summed E-state index contributed by atoms with van der Waals surface area (Å²) in [4.78, 5) is 23.7. The lowest BCUT2D eigenvalue weighted by atomic mass is 10.1. The zero-order valence-electron chi connectivity index (χ0n) is 13.1. The minimum Gasteiger partial charge on any atom is -0.321 e. The second-order valence-corrected chi connectivity index (χ2v) is 5.26. The van der Waals surface area contributed by atoms with Crippen molar-refractivity contribution in [2.75, 3.05) is 5.32 Å². The van der Waals surface area contributed by atoms with Crippen molar-refractivity contribution in [3.05, 3.63) is 57.5 Å². The van der Waals surface area contributed by atoms with Gasteiger partial charge < -0.3 is 5.32 Å². The van der Waals surface area contributed by atoms with E-state index in [1.54, 1.807) is 0 Å². The Morgan fingerprint density at radius 2 is 1.96 bits per heavy atom. The summed E-state index contributed by atoms with van der Waals surface area (Å²) in [5, 5.41) is 6.29. The largest absolute Gasteiger partial charge is 0.416 e. The highest BCUT2D eigenvalue weighted by Gasteiger charge is 2.32. The molecule has 8 heteroatoms. The number of nitrogens with zero attached hydrogens (tertiary/aromatic N) is 2. The monoisotopic (exact) mass is 339 g/mol. The summed E-state index contributed by atoms with van der Waals surface area (Å²) >= 11 is 0. The number of anilines is 1. The van der Waals surface area contributed by atoms with E-state index in [1.165, 1.54) is 31.2 Å². The highest BCUT2D eigenvalue weighted by molar-refractivity contribution is 6.02. The second kappa shape index (κ2) is 6.86. The summed E-state index contributed by atoms with van der Waals surface area (Å²) in [6.07, 6.45) is -3.84. The van der Waals surface area contributed by atoms with E-state index in [2.05, 4.69) is 10.4 Å². The average Bonchev–Trinajstić information content (AvgIpc) is 2.50. The number of amides is 1. The van der Waals surface area contributed by atoms with Gasteiger partial charge in [0.05, 0.1) is 5.56 Å². The summed E-state index contributed by atoms with van der Waals surface area (Å²) in [6, 6.07) is 5.97. The van der Waals surface area contributed by atoms with Crippen LogP contribution in [-0.2, 0) is 12.7 Å². The molecule has 1 amide bonds. The molecule has 128 valence electrons. The van der Waals surface area contributed by atoms with Crippen LogP contribution in [0.15, 0.2) is 35.1 Å². The summed E-state index contributed by atoms with van der Waals surface area (Å²) in [7, 11) is 0. The molecule has 0 aliphatic rings. The number of carbonyl (C=O) groups excluding carboxylic acids is 1. The smallest absolute Gasteiger partial charge is 0.321 e. The van der Waals surface area contributed by atoms with Crippen LogP contribution in [-0.4, -0.2) is 15.7 Å². The lowest BCUT2D eigenvalue weighted by molar-refractivity contribution is -0.138. The highest BCUT2D eigenvalue weighted by atomic mass is 19.4. The van der Waals surface area contributed by atoms with Crippen molar-refractivity contribution in [1.29, 1.82) is 0 Å². The van der Waals surface area contributed by atoms with E-state index in [4.69, 9.17) is 0 Å². The molecule has 0 bridgehead atoms. The predicted octanol–water partition coefficient (Wildman–Crippen LogP) is 3.23. The molecule has 24 heavy (non-hydrogen) atoms. The van der Waals surface area contributed by atoms with E-state index in [9.17, 15) is 22.8 Å². The van der Waals surface area contributed by atoms with Crippen LogP contribution in [0.2, 0.25) is 0 Å². The van der Waals surface area contributed by atoms with Gasteiger partial charge in [0.25, 0.3) is 11.5 Å². The third-order valence-electron chi connectivity index (χ3n) is 3.34. The van der Waals surface area contributed by atoms with Crippen LogP contribution in [0, 0.1) is 6.92 Å². The van der Waals surface area contributed by atoms with E-state index in [0.29, 0.717) is 13.0 Å². The van der Waals surface area contributed by atoms with Gasteiger partial charge in [-0.3, -0.25) is 9.59 Å². The molecule has 0 saturated heterocycles. The Labute approximate surface area is 136 Å². The van der Waals surface area contributed by atoms with Crippen molar-refractivity contribution >= 4 is 11.6 Å². The molecular formula is C16H16F3N3O2. The highest BCUT2D eigenvalue weighted by Crippen LogP contribution is 2.33. The maximum absolute atomic E-state index is 12.9. The fourth-order valence-electron chi connectivity index (χ4n) is 2.14. The molecule has 0 aliphatic heterocycles. The first-order chi connectivity index (χ1) is 11.2. The molecule has 0 aliphatic carbocycles. The summed E-state index contributed by atoms with van der Waals surface area (Å²) < 4.78 is 39.9. The van der Waals surface area contributed by atoms with Crippen LogP contribution in [0.25, 0.3) is 0 Å². The third-order valence-corrected chi connectivity index (χ3v) is 3.34. The number of hydrogen-bond acceptors (Lipinski definition) is 3. The van der Waals surface area contributed by atoms with Gasteiger partial charge in [-0.15, -0.1) is 0 Å². The van der Waals surface area contributed by atoms with Gasteiger partial charge in [-0.25, -0.2) is 4.68 Å². The van der Waals surface area contributed by atoms with Gasteiger partial charge in [0.2, 0.25) is 0 Å². The van der Waals surface area contributed by atoms with Gasteiger partial charge >= 0.3 is 6.18 Å². The maximum atomic E-state index is 12.9. The second-order valence-electron chi connectivity index (χ2n) is 5.26. The molecule has 0 radical (unpaired) electrons. The lowest BCUT2D eigenvalue weighted by Crippen LogP contribution is -2.26. The Bertz CT molecular complexity index is 813. The van der Waals surface area contributed by atoms with Crippen LogP contribution in [0.1, 0.15) is 35.0 Å². The number of alkyl halides is 3. The fourth-order valence-corrected chi connectivity index (χ4v) is 2.14. The van der Waals surface area contributed by atoms with Crippen LogP contribution in [0.4, 0.5) is 18.9 Å². The Morgan fingerprint density at radius 1 is 1.25 bits per heavy atom. The molecular weight excluding hydrogens is 323 g/mol. The minimum absolute atomic E-state index is 0.00738. The number of aromatic nitrogens is 2. The normalized spacial score (nSPS) is 11.4. The molecule has 0 atom stereocenters. The topological polar surface area (TPSA) is 64.0 Å². The molecule has 1 N–H and O–H groups in total. The molecule has 1 aromatic carbocycles. The van der Waals surface area contributed by atoms with E-state index in [0.717, 1.165) is 10.7 Å². The molecule has 5 nitrogen and oxygen atoms in total. The SMILES string of the molecule is CCCn1nc(C(=O)Nc2ccc(C)c(C(F)(F)F)c2)ccc1=O. The van der Waals surface area contributed by atoms with Crippen molar-refractivity contribution in [1.82, 2.24) is 9.78 Å². The van der Waals surface area contributed by atoms with Crippen LogP contribution in [0.5, 0.6) is 0 Å². The number of rotatable bonds is 4. The molecule has 1 heterocycles. The van der Waals surface area contributed by atoms with E-state index in [-0.39, 0.29) is 22.5 Å². The molecule has 0 spiro atoms. The summed E-state index contributed by atoms with van der Waals surface area (Å²) in [6.45, 7) is 3.55. The zero-order chi connectivity index (χ0) is 17.9. The number of nitrogens with one attached hydrogen (secondary N) is 1. The standard InChI is InChI=1S/C16H16F3N3O2/c1-3-8-22-14(23)7-6-13(21-22)15(24)20-11-5-4-10(2)12(9-11)16(17,18)19/h4-7,9H,3,8H2,1-2H3,(H,20,24). The Hall–Kier alpha value is -2.64. The first-order valence-corrected chi connectivity index (χ1v) is 7.29. The minimum atomic E-state index is -4.50. The van der Waals surface area contributed by atoms with Crippen LogP contribution < -0.4 is 10.9 Å². The van der Waals surface area contributed by atoms with Crippen molar-refractivity contribution in [3.63, 3.8) is 0 Å². The van der Waals surface area contributed by atoms with Gasteiger partial charge in [0.1, 0.15) is 5.69 Å². The molecule has 1 aromatic heterocycles. The van der Waals surface area contributed by atoms with Crippen molar-refractivity contribution in [2.45, 2.75) is 33.0 Å². The first kappa shape index (κ1) is 17.7. The number of aryl methyl sites for hydroxylation is 2. The van der Waals surface area contributed by atoms with E-state index >= 15 is 0 Å². The zero-order valence-corrected chi connectivity index (χ0v) is 13.1. The maximum Gasteiger partial charge on any atom is 0.416 e. The number of carbonyl (C=O) groups is 1. The van der Waals surface area contributed by atoms with Gasteiger partial charge in [0.15, 0.2) is 0 Å². The van der Waals surface area contributed by atoms with Crippen molar-refractivity contribution in [2.24, 2.45) is 0 Å². The average molecular weight is 339 g/mol. The Kier molecular flexibility index (Phi) is 5.06. The van der Waals surface area contributed by atoms with Crippen molar-refractivity contribution in [3.8, 4) is 0 Å². The molecule has 2 rings (SSSR count). The fraction of sp³-hybridized carbons (Fsp3) is 0.312. The summed E-state index contributed by atoms with van der Waals surface area (Å²) in [5.41, 5.74) is -1.13. The van der Waals surface area contributed by atoms with Crippen molar-refractivity contribution < 1.29 is 18.0 Å². The predicted molar refractivity (Wildman–Crippen MR) is 82.9 cm³/mol. The molecule has 0 saturated carbocycles. The number of benzene rings is 1. The third kappa shape index (κ3) is 4.01. The summed E-state index contributed by atoms with van der Waals surface area (Å²) in [5.74, 6) is -0.683. The molecule has 0 fully saturated rings. The van der Waals surface area contributed by atoms with E-state index < -0.39 is 17.6 Å². The Balaban J connectivity index is 2.27. The first-order valence-electron chi connectivity index (χ1n) is 7.29.